The summed E-state index contributed by atoms with van der Waals surface area (Å²) in [6.07, 6.45) is 0. The Hall–Kier alpha value is -1.69. The van der Waals surface area contributed by atoms with Crippen molar-refractivity contribution in [3.8, 4) is 23.0 Å². The lowest BCUT2D eigenvalue weighted by atomic mass is 10.3. The van der Waals surface area contributed by atoms with Gasteiger partial charge in [0, 0.05) is 14.7 Å². The van der Waals surface area contributed by atoms with Gasteiger partial charge in [-0.2, -0.15) is 0 Å². The van der Waals surface area contributed by atoms with Crippen LogP contribution in [0.2, 0.25) is 0 Å². The van der Waals surface area contributed by atoms with E-state index in [1.54, 1.807) is 11.8 Å². The lowest BCUT2D eigenvalue weighted by Gasteiger charge is -2.12. The Morgan fingerprint density at radius 1 is 0.739 bits per heavy atom. The van der Waals surface area contributed by atoms with Crippen LogP contribution in [0.25, 0.3) is 0 Å². The number of ether oxygens (including phenoxy) is 2. The smallest absolute Gasteiger partial charge is 0.184 e. The van der Waals surface area contributed by atoms with Crippen molar-refractivity contribution in [2.75, 3.05) is 0 Å². The first-order chi connectivity index (χ1) is 11.2. The summed E-state index contributed by atoms with van der Waals surface area (Å²) in [7, 11) is 0. The van der Waals surface area contributed by atoms with E-state index in [1.165, 1.54) is 4.90 Å². The minimum Gasteiger partial charge on any atom is -0.453 e. The number of rotatable bonds is 4. The van der Waals surface area contributed by atoms with Crippen molar-refractivity contribution >= 4 is 37.0 Å². The molecule has 114 valence electrons. The quantitative estimate of drug-likeness (QED) is 0.330. The molecule has 1 heterocycles. The second-order valence-electron chi connectivity index (χ2n) is 5.02. The molecule has 0 bridgehead atoms. The molecule has 3 aromatic rings. The van der Waals surface area contributed by atoms with Gasteiger partial charge in [0.1, 0.15) is 11.5 Å². The summed E-state index contributed by atoms with van der Waals surface area (Å²) in [4.78, 5) is 4.05. The van der Waals surface area contributed by atoms with Crippen molar-refractivity contribution < 1.29 is 9.47 Å². The molecule has 1 aliphatic rings. The Morgan fingerprint density at radius 2 is 1.39 bits per heavy atom. The van der Waals surface area contributed by atoms with Crippen molar-refractivity contribution in [1.82, 2.24) is 0 Å². The maximum Gasteiger partial charge on any atom is 0.184 e. The van der Waals surface area contributed by atoms with Gasteiger partial charge >= 0.3 is 0 Å². The predicted octanol–water partition coefficient (Wildman–Crippen LogP) is 6.31. The Bertz CT molecular complexity index is 893. The van der Waals surface area contributed by atoms with E-state index in [0.29, 0.717) is 5.75 Å². The normalized spacial score (nSPS) is 11.7. The fourth-order valence-electron chi connectivity index (χ4n) is 2.21. The van der Waals surface area contributed by atoms with Crippen molar-refractivity contribution in [1.29, 1.82) is 0 Å². The molecule has 0 radical (unpaired) electrons. The van der Waals surface area contributed by atoms with Crippen LogP contribution in [-0.4, -0.2) is 0 Å². The maximum absolute atomic E-state index is 6.06. The first kappa shape index (κ1) is 14.9. The molecule has 0 saturated carbocycles. The Balaban J connectivity index is 1.67. The zero-order chi connectivity index (χ0) is 15.8. The Morgan fingerprint density at radius 3 is 2.04 bits per heavy atom. The topological polar surface area (TPSA) is 18.5 Å². The van der Waals surface area contributed by atoms with Crippen LogP contribution >= 0.6 is 37.0 Å². The average Bonchev–Trinajstić information content (AvgIpc) is 3.30. The molecule has 4 rings (SSSR count). The molecule has 23 heavy (non-hydrogen) atoms. The summed E-state index contributed by atoms with van der Waals surface area (Å²) >= 11 is 10.4. The molecule has 3 aromatic carbocycles. The Labute approximate surface area is 149 Å². The van der Waals surface area contributed by atoms with Gasteiger partial charge in [-0.1, -0.05) is 23.9 Å². The Kier molecular flexibility index (Phi) is 3.93. The summed E-state index contributed by atoms with van der Waals surface area (Å²) in [6, 6.07) is 19.2. The highest BCUT2D eigenvalue weighted by Crippen LogP contribution is 2.58. The minimum atomic E-state index is 0.692. The lowest BCUT2D eigenvalue weighted by Crippen LogP contribution is -1.90. The monoisotopic (exact) mass is 356 g/mol. The van der Waals surface area contributed by atoms with E-state index in [0.717, 1.165) is 31.9 Å². The van der Waals surface area contributed by atoms with E-state index in [2.05, 4.69) is 25.3 Å². The van der Waals surface area contributed by atoms with Gasteiger partial charge < -0.3 is 9.47 Å². The third kappa shape index (κ3) is 3.32. The fraction of sp³-hybridized carbons (Fsp3) is 0. The minimum absolute atomic E-state index is 0.692. The second kappa shape index (κ2) is 6.07. The highest BCUT2D eigenvalue weighted by atomic mass is 32.2. The standard InChI is InChI=1S/C18H12O2S3/c21-13-5-1-3-11(9-13)19-15-7-8-16-18(23-16)17(15)20-12-4-2-6-14(22)10-12/h1-10,21-22H. The summed E-state index contributed by atoms with van der Waals surface area (Å²) < 4.78 is 12.1. The van der Waals surface area contributed by atoms with Gasteiger partial charge in [0.05, 0.1) is 4.90 Å². The summed E-state index contributed by atoms with van der Waals surface area (Å²) in [5.41, 5.74) is 0. The van der Waals surface area contributed by atoms with E-state index in [4.69, 9.17) is 9.47 Å². The van der Waals surface area contributed by atoms with Crippen LogP contribution in [0, 0.1) is 0 Å². The maximum atomic E-state index is 6.06. The van der Waals surface area contributed by atoms with Crippen molar-refractivity contribution in [2.45, 2.75) is 19.6 Å². The summed E-state index contributed by atoms with van der Waals surface area (Å²) in [5, 5.41) is 0. The zero-order valence-electron chi connectivity index (χ0n) is 11.9. The molecule has 0 atom stereocenters. The van der Waals surface area contributed by atoms with Gasteiger partial charge in [0.2, 0.25) is 0 Å². The molecule has 2 nitrogen and oxygen atoms in total. The van der Waals surface area contributed by atoms with Gasteiger partial charge in [-0.15, -0.1) is 25.3 Å². The van der Waals surface area contributed by atoms with Crippen LogP contribution in [0.15, 0.2) is 80.2 Å². The number of hydrogen-bond donors (Lipinski definition) is 2. The third-order valence-corrected chi connectivity index (χ3v) is 4.81. The summed E-state index contributed by atoms with van der Waals surface area (Å²) in [6.45, 7) is 0. The first-order valence-electron chi connectivity index (χ1n) is 6.98. The molecule has 0 N–H and O–H groups in total. The number of hydrogen-bond acceptors (Lipinski definition) is 5. The molecule has 5 heteroatoms. The molecule has 1 aliphatic heterocycles. The molecule has 0 amide bonds. The molecule has 0 aliphatic carbocycles. The summed E-state index contributed by atoms with van der Waals surface area (Å²) in [5.74, 6) is 2.91. The van der Waals surface area contributed by atoms with Crippen LogP contribution in [-0.2, 0) is 0 Å². The molecule has 0 aromatic heterocycles. The number of fused-ring (bicyclic) bond motifs is 1. The fourth-order valence-corrected chi connectivity index (χ4v) is 3.33. The highest BCUT2D eigenvalue weighted by Gasteiger charge is 2.28. The van der Waals surface area contributed by atoms with Gasteiger partial charge in [-0.25, -0.2) is 0 Å². The largest absolute Gasteiger partial charge is 0.453 e. The van der Waals surface area contributed by atoms with E-state index >= 15 is 0 Å². The molecule has 0 fully saturated rings. The lowest BCUT2D eigenvalue weighted by molar-refractivity contribution is 0.409. The molecule has 0 spiro atoms. The zero-order valence-corrected chi connectivity index (χ0v) is 14.5. The molecular weight excluding hydrogens is 344 g/mol. The SMILES string of the molecule is Sc1cccc(Oc2ccc3c(c2Oc2cccc(S)c2)S3)c1. The van der Waals surface area contributed by atoms with E-state index < -0.39 is 0 Å². The van der Waals surface area contributed by atoms with Crippen LogP contribution in [0.4, 0.5) is 0 Å². The average molecular weight is 356 g/mol. The van der Waals surface area contributed by atoms with Crippen molar-refractivity contribution in [3.05, 3.63) is 60.7 Å². The van der Waals surface area contributed by atoms with Crippen molar-refractivity contribution in [3.63, 3.8) is 0 Å². The van der Waals surface area contributed by atoms with Gasteiger partial charge in [0.15, 0.2) is 11.5 Å². The van der Waals surface area contributed by atoms with E-state index in [9.17, 15) is 0 Å². The van der Waals surface area contributed by atoms with Crippen molar-refractivity contribution in [2.24, 2.45) is 0 Å². The number of thiol groups is 2. The van der Waals surface area contributed by atoms with Gasteiger partial charge in [0.25, 0.3) is 0 Å². The van der Waals surface area contributed by atoms with Crippen LogP contribution in [0.5, 0.6) is 23.0 Å². The predicted molar refractivity (Wildman–Crippen MR) is 98.1 cm³/mol. The molecule has 0 saturated heterocycles. The van der Waals surface area contributed by atoms with E-state index in [-0.39, 0.29) is 0 Å². The van der Waals surface area contributed by atoms with E-state index in [1.807, 2.05) is 60.7 Å². The third-order valence-electron chi connectivity index (χ3n) is 3.29. The van der Waals surface area contributed by atoms with Gasteiger partial charge in [-0.3, -0.25) is 0 Å². The molecule has 0 unspecified atom stereocenters. The number of benzene rings is 3. The van der Waals surface area contributed by atoms with Crippen LogP contribution in [0.1, 0.15) is 0 Å². The second-order valence-corrected chi connectivity index (χ2v) is 7.11. The van der Waals surface area contributed by atoms with Crippen LogP contribution in [0.3, 0.4) is 0 Å². The first-order valence-corrected chi connectivity index (χ1v) is 8.69. The molecular formula is C18H12O2S3. The van der Waals surface area contributed by atoms with Gasteiger partial charge in [-0.05, 0) is 48.5 Å². The van der Waals surface area contributed by atoms with Crippen LogP contribution < -0.4 is 9.47 Å². The highest BCUT2D eigenvalue weighted by molar-refractivity contribution is 8.05.